The van der Waals surface area contributed by atoms with Crippen molar-refractivity contribution in [1.82, 2.24) is 14.6 Å². The molecule has 0 aliphatic heterocycles. The molecule has 2 heterocycles. The Labute approximate surface area is 106 Å². The van der Waals surface area contributed by atoms with Crippen LogP contribution in [0.2, 0.25) is 0 Å². The molecule has 4 rings (SSSR count). The summed E-state index contributed by atoms with van der Waals surface area (Å²) >= 11 is 0. The highest BCUT2D eigenvalue weighted by Crippen LogP contribution is 2.52. The highest BCUT2D eigenvalue weighted by molar-refractivity contribution is 5.53. The topological polar surface area (TPSA) is 56.2 Å². The van der Waals surface area contributed by atoms with Crippen molar-refractivity contribution in [3.63, 3.8) is 0 Å². The molecule has 2 saturated carbocycles. The zero-order valence-corrected chi connectivity index (χ0v) is 10.4. The number of nitrogens with zero attached hydrogens (tertiary/aromatic N) is 3. The minimum atomic E-state index is 0.127. The normalized spacial score (nSPS) is 32.2. The average Bonchev–Trinajstić information content (AvgIpc) is 3.12. The van der Waals surface area contributed by atoms with Crippen LogP contribution in [-0.4, -0.2) is 14.6 Å². The first-order chi connectivity index (χ1) is 8.83. The van der Waals surface area contributed by atoms with Crippen LogP contribution in [0.5, 0.6) is 0 Å². The van der Waals surface area contributed by atoms with E-state index < -0.39 is 0 Å². The van der Waals surface area contributed by atoms with Gasteiger partial charge in [-0.2, -0.15) is 5.10 Å². The third kappa shape index (κ3) is 1.42. The van der Waals surface area contributed by atoms with Crippen molar-refractivity contribution in [3.05, 3.63) is 30.4 Å². The quantitative estimate of drug-likeness (QED) is 0.878. The van der Waals surface area contributed by atoms with Crippen molar-refractivity contribution in [2.45, 2.75) is 31.7 Å². The van der Waals surface area contributed by atoms with Crippen LogP contribution in [0.4, 0.5) is 0 Å². The molecule has 0 saturated heterocycles. The molecule has 0 spiro atoms. The van der Waals surface area contributed by atoms with E-state index >= 15 is 0 Å². The van der Waals surface area contributed by atoms with Crippen molar-refractivity contribution >= 4 is 5.52 Å². The number of nitrogens with two attached hydrogens (primary N) is 1. The molecule has 2 N–H and O–H groups in total. The maximum Gasteiger partial charge on any atom is 0.0892 e. The summed E-state index contributed by atoms with van der Waals surface area (Å²) in [4.78, 5) is 4.19. The molecule has 2 aliphatic carbocycles. The molecule has 0 amide bonds. The number of hydrogen-bond donors (Lipinski definition) is 1. The number of aromatic nitrogens is 3. The van der Waals surface area contributed by atoms with Gasteiger partial charge in [-0.25, -0.2) is 4.52 Å². The van der Waals surface area contributed by atoms with Gasteiger partial charge in [0.2, 0.25) is 0 Å². The predicted molar refractivity (Wildman–Crippen MR) is 68.9 cm³/mol. The van der Waals surface area contributed by atoms with Crippen LogP contribution in [0.3, 0.4) is 0 Å². The molecular weight excluding hydrogens is 224 g/mol. The Balaban J connectivity index is 1.70. The number of hydrogen-bond acceptors (Lipinski definition) is 3. The molecule has 4 unspecified atom stereocenters. The summed E-state index contributed by atoms with van der Waals surface area (Å²) in [5.74, 6) is 2.43. The summed E-state index contributed by atoms with van der Waals surface area (Å²) in [5, 5.41) is 4.37. The maximum atomic E-state index is 6.52. The van der Waals surface area contributed by atoms with Crippen LogP contribution in [0.15, 0.2) is 24.8 Å². The molecule has 2 fully saturated rings. The van der Waals surface area contributed by atoms with Crippen molar-refractivity contribution < 1.29 is 0 Å². The summed E-state index contributed by atoms with van der Waals surface area (Å²) in [6.07, 6.45) is 12.9. The molecule has 0 aromatic carbocycles. The fraction of sp³-hybridized carbons (Fsp3) is 0.571. The van der Waals surface area contributed by atoms with E-state index in [4.69, 9.17) is 5.73 Å². The van der Waals surface area contributed by atoms with Crippen molar-refractivity contribution in [2.24, 2.45) is 23.5 Å². The molecule has 4 nitrogen and oxygen atoms in total. The van der Waals surface area contributed by atoms with Gasteiger partial charge >= 0.3 is 0 Å². The Hall–Kier alpha value is -1.42. The second-order valence-electron chi connectivity index (χ2n) is 5.87. The molecule has 4 heteroatoms. The van der Waals surface area contributed by atoms with E-state index in [1.165, 1.54) is 31.2 Å². The third-order valence-electron chi connectivity index (χ3n) is 4.97. The van der Waals surface area contributed by atoms with Gasteiger partial charge in [0.25, 0.3) is 0 Å². The Morgan fingerprint density at radius 1 is 1.28 bits per heavy atom. The van der Waals surface area contributed by atoms with Crippen LogP contribution < -0.4 is 5.73 Å². The van der Waals surface area contributed by atoms with E-state index in [1.807, 2.05) is 23.1 Å². The minimum absolute atomic E-state index is 0.127. The Morgan fingerprint density at radius 3 is 3.00 bits per heavy atom. The Morgan fingerprint density at radius 2 is 2.22 bits per heavy atom. The van der Waals surface area contributed by atoms with Gasteiger partial charge in [0, 0.05) is 24.0 Å². The molecule has 94 valence electrons. The largest absolute Gasteiger partial charge is 0.324 e. The molecule has 2 aromatic rings. The van der Waals surface area contributed by atoms with E-state index in [0.29, 0.717) is 5.92 Å². The zero-order chi connectivity index (χ0) is 12.1. The standard InChI is InChI=1S/C14H18N4/c15-14(11-6-9-1-2-10(11)5-9)12-7-17-18-4-3-16-8-13(12)18/h3-4,7-11,14H,1-2,5-6,15H2. The van der Waals surface area contributed by atoms with Gasteiger partial charge in [-0.1, -0.05) is 6.42 Å². The molecule has 0 radical (unpaired) electrons. The lowest BCUT2D eigenvalue weighted by atomic mass is 9.81. The molecule has 4 atom stereocenters. The smallest absolute Gasteiger partial charge is 0.0892 e. The first-order valence-corrected chi connectivity index (χ1v) is 6.86. The zero-order valence-electron chi connectivity index (χ0n) is 10.4. The second-order valence-corrected chi connectivity index (χ2v) is 5.87. The van der Waals surface area contributed by atoms with Crippen molar-refractivity contribution in [2.75, 3.05) is 0 Å². The maximum absolute atomic E-state index is 6.52. The highest BCUT2D eigenvalue weighted by atomic mass is 15.2. The van der Waals surface area contributed by atoms with E-state index in [2.05, 4.69) is 10.1 Å². The van der Waals surface area contributed by atoms with Gasteiger partial charge < -0.3 is 5.73 Å². The van der Waals surface area contributed by atoms with Crippen molar-refractivity contribution in [1.29, 1.82) is 0 Å². The van der Waals surface area contributed by atoms with E-state index in [0.717, 1.165) is 17.4 Å². The van der Waals surface area contributed by atoms with E-state index in [-0.39, 0.29) is 6.04 Å². The van der Waals surface area contributed by atoms with Crippen LogP contribution in [0.1, 0.15) is 37.3 Å². The predicted octanol–water partition coefficient (Wildman–Crippen LogP) is 2.17. The average molecular weight is 242 g/mol. The van der Waals surface area contributed by atoms with Gasteiger partial charge in [-0.05, 0) is 37.0 Å². The summed E-state index contributed by atoms with van der Waals surface area (Å²) in [7, 11) is 0. The van der Waals surface area contributed by atoms with Gasteiger partial charge in [0.05, 0.1) is 17.9 Å². The van der Waals surface area contributed by atoms with Gasteiger partial charge in [-0.3, -0.25) is 4.98 Å². The lowest BCUT2D eigenvalue weighted by molar-refractivity contribution is 0.285. The molecule has 2 aliphatic rings. The monoisotopic (exact) mass is 242 g/mol. The lowest BCUT2D eigenvalue weighted by Gasteiger charge is -2.27. The fourth-order valence-corrected chi connectivity index (χ4v) is 4.07. The molecule has 2 aromatic heterocycles. The fourth-order valence-electron chi connectivity index (χ4n) is 4.07. The Bertz CT molecular complexity index is 576. The first-order valence-electron chi connectivity index (χ1n) is 6.86. The first kappa shape index (κ1) is 10.5. The van der Waals surface area contributed by atoms with Gasteiger partial charge in [0.1, 0.15) is 0 Å². The van der Waals surface area contributed by atoms with E-state index in [1.54, 1.807) is 6.20 Å². The minimum Gasteiger partial charge on any atom is -0.324 e. The van der Waals surface area contributed by atoms with Crippen LogP contribution in [0, 0.1) is 17.8 Å². The molecule has 2 bridgehead atoms. The summed E-state index contributed by atoms with van der Waals surface area (Å²) in [6.45, 7) is 0. The highest BCUT2D eigenvalue weighted by Gasteiger charge is 2.42. The number of rotatable bonds is 2. The second kappa shape index (κ2) is 3.79. The molecular formula is C14H18N4. The molecule has 18 heavy (non-hydrogen) atoms. The van der Waals surface area contributed by atoms with Gasteiger partial charge in [0.15, 0.2) is 0 Å². The van der Waals surface area contributed by atoms with Crippen molar-refractivity contribution in [3.8, 4) is 0 Å². The van der Waals surface area contributed by atoms with Crippen LogP contribution in [-0.2, 0) is 0 Å². The van der Waals surface area contributed by atoms with E-state index in [9.17, 15) is 0 Å². The summed E-state index contributed by atoms with van der Waals surface area (Å²) in [6, 6.07) is 0.127. The summed E-state index contributed by atoms with van der Waals surface area (Å²) < 4.78 is 1.87. The third-order valence-corrected chi connectivity index (χ3v) is 4.97. The SMILES string of the molecule is NC(c1cnn2ccncc12)C1CC2CCC1C2. The summed E-state index contributed by atoms with van der Waals surface area (Å²) in [5.41, 5.74) is 8.75. The lowest BCUT2D eigenvalue weighted by Crippen LogP contribution is -2.25. The van der Waals surface area contributed by atoms with Crippen LogP contribution >= 0.6 is 0 Å². The number of fused-ring (bicyclic) bond motifs is 3. The van der Waals surface area contributed by atoms with Gasteiger partial charge in [-0.15, -0.1) is 0 Å². The Kier molecular flexibility index (Phi) is 2.21. The van der Waals surface area contributed by atoms with Crippen LogP contribution in [0.25, 0.3) is 5.52 Å².